The fraction of sp³-hybridized carbons (Fsp3) is 0.200. The van der Waals surface area contributed by atoms with Crippen LogP contribution in [0.2, 0.25) is 0 Å². The van der Waals surface area contributed by atoms with E-state index in [0.717, 1.165) is 11.3 Å². The molecule has 26 heavy (non-hydrogen) atoms. The predicted molar refractivity (Wildman–Crippen MR) is 96.8 cm³/mol. The first-order valence-electron chi connectivity index (χ1n) is 8.33. The third-order valence-electron chi connectivity index (χ3n) is 3.95. The lowest BCUT2D eigenvalue weighted by Crippen LogP contribution is -2.32. The molecule has 0 N–H and O–H groups in total. The summed E-state index contributed by atoms with van der Waals surface area (Å²) in [4.78, 5) is 13.9. The van der Waals surface area contributed by atoms with Crippen molar-refractivity contribution in [1.29, 1.82) is 0 Å². The number of amides is 1. The molecule has 0 atom stereocenters. The maximum Gasteiger partial charge on any atom is 0.226 e. The molecule has 134 valence electrons. The van der Waals surface area contributed by atoms with E-state index in [1.807, 2.05) is 36.5 Å². The van der Waals surface area contributed by atoms with Crippen LogP contribution in [-0.2, 0) is 11.2 Å². The van der Waals surface area contributed by atoms with Crippen molar-refractivity contribution in [1.82, 2.24) is 14.7 Å². The maximum atomic E-state index is 12.8. The monoisotopic (exact) mass is 353 g/mol. The first kappa shape index (κ1) is 17.7. The molecule has 2 aromatic carbocycles. The fourth-order valence-electron chi connectivity index (χ4n) is 2.44. The number of rotatable bonds is 7. The Morgan fingerprint density at radius 1 is 1.15 bits per heavy atom. The van der Waals surface area contributed by atoms with Gasteiger partial charge in [0.2, 0.25) is 5.91 Å². The molecule has 0 aliphatic rings. The van der Waals surface area contributed by atoms with Gasteiger partial charge in [-0.05, 0) is 42.0 Å². The minimum absolute atomic E-state index is 0.0136. The van der Waals surface area contributed by atoms with E-state index >= 15 is 0 Å². The van der Waals surface area contributed by atoms with Crippen LogP contribution in [0.5, 0.6) is 5.75 Å². The number of aromatic nitrogens is 2. The highest BCUT2D eigenvalue weighted by molar-refractivity contribution is 5.78. The van der Waals surface area contributed by atoms with Crippen molar-refractivity contribution in [3.8, 4) is 11.4 Å². The Bertz CT molecular complexity index is 847. The van der Waals surface area contributed by atoms with E-state index in [2.05, 4.69) is 5.10 Å². The Morgan fingerprint density at radius 2 is 1.88 bits per heavy atom. The highest BCUT2D eigenvalue weighted by Crippen LogP contribution is 2.11. The second-order valence-corrected chi connectivity index (χ2v) is 5.92. The smallest absolute Gasteiger partial charge is 0.226 e. The number of halogens is 1. The molecule has 0 bridgehead atoms. The lowest BCUT2D eigenvalue weighted by Gasteiger charge is -2.17. The van der Waals surface area contributed by atoms with Gasteiger partial charge in [0, 0.05) is 13.2 Å². The summed E-state index contributed by atoms with van der Waals surface area (Å²) in [5.74, 6) is 0.261. The van der Waals surface area contributed by atoms with Crippen LogP contribution >= 0.6 is 0 Å². The zero-order valence-electron chi connectivity index (χ0n) is 14.5. The van der Waals surface area contributed by atoms with Crippen molar-refractivity contribution in [3.63, 3.8) is 0 Å². The van der Waals surface area contributed by atoms with Crippen LogP contribution in [-0.4, -0.2) is 40.8 Å². The largest absolute Gasteiger partial charge is 0.492 e. The van der Waals surface area contributed by atoms with E-state index < -0.39 is 0 Å². The lowest BCUT2D eigenvalue weighted by atomic mass is 10.2. The number of carbonyl (C=O) groups is 1. The number of benzene rings is 2. The predicted octanol–water partition coefficient (Wildman–Crippen LogP) is 3.09. The molecule has 1 heterocycles. The van der Waals surface area contributed by atoms with E-state index in [-0.39, 0.29) is 18.1 Å². The average Bonchev–Trinajstić information content (AvgIpc) is 3.12. The highest BCUT2D eigenvalue weighted by Gasteiger charge is 2.11. The van der Waals surface area contributed by atoms with Gasteiger partial charge in [-0.25, -0.2) is 9.07 Å². The Labute approximate surface area is 151 Å². The summed E-state index contributed by atoms with van der Waals surface area (Å²) in [5.41, 5.74) is 1.80. The lowest BCUT2D eigenvalue weighted by molar-refractivity contribution is -0.129. The van der Waals surface area contributed by atoms with Gasteiger partial charge in [0.25, 0.3) is 0 Å². The third-order valence-corrected chi connectivity index (χ3v) is 3.95. The van der Waals surface area contributed by atoms with Crippen molar-refractivity contribution in [2.45, 2.75) is 6.42 Å². The molecule has 6 heteroatoms. The first-order chi connectivity index (χ1) is 12.6. The molecule has 3 aromatic rings. The number of carbonyl (C=O) groups excluding carboxylic acids is 1. The Hall–Kier alpha value is -3.15. The molecule has 5 nitrogen and oxygen atoms in total. The molecule has 1 aromatic heterocycles. The van der Waals surface area contributed by atoms with Gasteiger partial charge >= 0.3 is 0 Å². The summed E-state index contributed by atoms with van der Waals surface area (Å²) in [6.07, 6.45) is 3.84. The molecular formula is C20H20FN3O2. The SMILES string of the molecule is CN(CCOc1ccc(F)cc1)C(=O)Cc1cnn(-c2ccccc2)c1. The molecule has 0 aliphatic carbocycles. The van der Waals surface area contributed by atoms with E-state index in [1.54, 1.807) is 35.0 Å². The Balaban J connectivity index is 1.48. The fourth-order valence-corrected chi connectivity index (χ4v) is 2.44. The van der Waals surface area contributed by atoms with Gasteiger partial charge in [-0.15, -0.1) is 0 Å². The van der Waals surface area contributed by atoms with Crippen molar-refractivity contribution in [2.24, 2.45) is 0 Å². The minimum Gasteiger partial charge on any atom is -0.492 e. The number of nitrogens with zero attached hydrogens (tertiary/aromatic N) is 3. The number of hydrogen-bond donors (Lipinski definition) is 0. The van der Waals surface area contributed by atoms with Gasteiger partial charge in [-0.2, -0.15) is 5.10 Å². The summed E-state index contributed by atoms with van der Waals surface area (Å²) in [5, 5.41) is 4.30. The van der Waals surface area contributed by atoms with Crippen LogP contribution in [0.3, 0.4) is 0 Å². The number of likely N-dealkylation sites (N-methyl/N-ethyl adjacent to an activating group) is 1. The van der Waals surface area contributed by atoms with E-state index in [0.29, 0.717) is 18.9 Å². The van der Waals surface area contributed by atoms with Crippen LogP contribution in [0.1, 0.15) is 5.56 Å². The first-order valence-corrected chi connectivity index (χ1v) is 8.33. The summed E-state index contributed by atoms with van der Waals surface area (Å²) in [6.45, 7) is 0.792. The molecular weight excluding hydrogens is 333 g/mol. The minimum atomic E-state index is -0.305. The van der Waals surface area contributed by atoms with Crippen LogP contribution < -0.4 is 4.74 Å². The van der Waals surface area contributed by atoms with Crippen LogP contribution in [0.4, 0.5) is 4.39 Å². The van der Waals surface area contributed by atoms with Crippen LogP contribution in [0, 0.1) is 5.82 Å². The molecule has 0 saturated carbocycles. The van der Waals surface area contributed by atoms with Gasteiger partial charge < -0.3 is 9.64 Å². The number of ether oxygens (including phenoxy) is 1. The third kappa shape index (κ3) is 4.69. The molecule has 0 spiro atoms. The Morgan fingerprint density at radius 3 is 2.62 bits per heavy atom. The molecule has 0 fully saturated rings. The topological polar surface area (TPSA) is 47.4 Å². The van der Waals surface area contributed by atoms with Crippen molar-refractivity contribution in [3.05, 3.63) is 78.4 Å². The second kappa shape index (κ2) is 8.29. The van der Waals surface area contributed by atoms with E-state index in [1.165, 1.54) is 12.1 Å². The molecule has 0 aliphatic heterocycles. The summed E-state index contributed by atoms with van der Waals surface area (Å²) >= 11 is 0. The second-order valence-electron chi connectivity index (χ2n) is 5.92. The summed E-state index contributed by atoms with van der Waals surface area (Å²) in [7, 11) is 1.73. The van der Waals surface area contributed by atoms with Gasteiger partial charge in [-0.1, -0.05) is 18.2 Å². The average molecular weight is 353 g/mol. The molecule has 0 saturated heterocycles. The molecule has 0 radical (unpaired) electrons. The van der Waals surface area contributed by atoms with E-state index in [4.69, 9.17) is 4.74 Å². The van der Waals surface area contributed by atoms with Gasteiger partial charge in [0.05, 0.1) is 24.8 Å². The van der Waals surface area contributed by atoms with Gasteiger partial charge in [0.1, 0.15) is 18.2 Å². The van der Waals surface area contributed by atoms with Crippen molar-refractivity contribution >= 4 is 5.91 Å². The van der Waals surface area contributed by atoms with Crippen molar-refractivity contribution < 1.29 is 13.9 Å². The Kier molecular flexibility index (Phi) is 5.63. The zero-order valence-corrected chi connectivity index (χ0v) is 14.5. The zero-order chi connectivity index (χ0) is 18.4. The van der Waals surface area contributed by atoms with Crippen LogP contribution in [0.25, 0.3) is 5.69 Å². The number of para-hydroxylation sites is 1. The van der Waals surface area contributed by atoms with Gasteiger partial charge in [0.15, 0.2) is 0 Å². The molecule has 3 rings (SSSR count). The molecule has 1 amide bonds. The number of hydrogen-bond acceptors (Lipinski definition) is 3. The highest BCUT2D eigenvalue weighted by atomic mass is 19.1. The summed E-state index contributed by atoms with van der Waals surface area (Å²) in [6, 6.07) is 15.6. The van der Waals surface area contributed by atoms with Gasteiger partial charge in [-0.3, -0.25) is 4.79 Å². The summed E-state index contributed by atoms with van der Waals surface area (Å²) < 4.78 is 20.1. The molecule has 0 unspecified atom stereocenters. The standard InChI is InChI=1S/C20H20FN3O2/c1-23(11-12-26-19-9-7-17(21)8-10-19)20(25)13-16-14-22-24(15-16)18-5-3-2-4-6-18/h2-10,14-15H,11-13H2,1H3. The van der Waals surface area contributed by atoms with E-state index in [9.17, 15) is 9.18 Å². The quantitative estimate of drug-likeness (QED) is 0.656. The normalized spacial score (nSPS) is 10.5. The van der Waals surface area contributed by atoms with Crippen molar-refractivity contribution in [2.75, 3.05) is 20.2 Å². The maximum absolute atomic E-state index is 12.8. The van der Waals surface area contributed by atoms with Crippen LogP contribution in [0.15, 0.2) is 67.0 Å².